The van der Waals surface area contributed by atoms with Crippen LogP contribution in [-0.2, 0) is 66.8 Å². The molecule has 2 saturated carbocycles. The Morgan fingerprint density at radius 1 is 0.783 bits per heavy atom. The number of amides is 2. The molecule has 3 aliphatic carbocycles. The summed E-state index contributed by atoms with van der Waals surface area (Å²) in [5.74, 6) is -9.46. The Balaban J connectivity index is 1.26. The molecular weight excluding hydrogens is 1070 g/mol. The summed E-state index contributed by atoms with van der Waals surface area (Å²) in [6.07, 6.45) is -9.50. The number of ether oxygens (including phenoxy) is 6. The largest absolute Gasteiger partial charge is 0.455 e. The van der Waals surface area contributed by atoms with Crippen molar-refractivity contribution in [3.63, 3.8) is 0 Å². The van der Waals surface area contributed by atoms with Crippen LogP contribution in [0.4, 0.5) is 0 Å². The molecule has 12 atom stereocenters. The molecule has 4 aliphatic rings. The number of carbonyl (C=O) groups is 10. The smallest absolute Gasteiger partial charge is 0.350 e. The Morgan fingerprint density at radius 3 is 2.00 bits per heavy atom. The molecule has 0 radical (unpaired) electrons. The molecule has 1 aliphatic heterocycles. The number of aliphatic hydroxyl groups is 2. The van der Waals surface area contributed by atoms with Crippen LogP contribution >= 0.6 is 0 Å². The summed E-state index contributed by atoms with van der Waals surface area (Å²) in [5.41, 5.74) is -7.94. The summed E-state index contributed by atoms with van der Waals surface area (Å²) in [7, 11) is 0. The minimum Gasteiger partial charge on any atom is -0.455 e. The highest BCUT2D eigenvalue weighted by atomic mass is 16.6. The van der Waals surface area contributed by atoms with Crippen molar-refractivity contribution in [3.05, 3.63) is 119 Å². The maximum Gasteiger partial charge on any atom is 0.350 e. The Hall–Kier alpha value is -7.46. The van der Waals surface area contributed by atoms with Gasteiger partial charge < -0.3 is 54.6 Å². The molecular formula is C62H75N3O18. The van der Waals surface area contributed by atoms with Crippen LogP contribution in [0.3, 0.4) is 0 Å². The van der Waals surface area contributed by atoms with Gasteiger partial charge in [-0.15, -0.1) is 0 Å². The third-order valence-corrected chi connectivity index (χ3v) is 17.0. The zero-order chi connectivity index (χ0) is 60.6. The highest BCUT2D eigenvalue weighted by Gasteiger charge is 2.78. The molecule has 3 fully saturated rings. The molecule has 5 N–H and O–H groups in total. The van der Waals surface area contributed by atoms with E-state index in [-0.39, 0.29) is 77.7 Å². The number of hydrogen-bond acceptors (Lipinski definition) is 19. The first-order valence-corrected chi connectivity index (χ1v) is 28.0. The zero-order valence-electron chi connectivity index (χ0n) is 48.1. The molecule has 3 aromatic carbocycles. The molecule has 446 valence electrons. The Kier molecular flexibility index (Phi) is 20.1. The molecule has 3 aromatic rings. The molecule has 83 heavy (non-hydrogen) atoms. The molecule has 0 spiro atoms. The third-order valence-electron chi connectivity index (χ3n) is 17.0. The third kappa shape index (κ3) is 13.5. The minimum atomic E-state index is -2.53. The number of ketones is 3. The van der Waals surface area contributed by atoms with Crippen LogP contribution in [0.1, 0.15) is 133 Å². The van der Waals surface area contributed by atoms with Crippen LogP contribution in [0.2, 0.25) is 0 Å². The highest BCUT2D eigenvalue weighted by Crippen LogP contribution is 2.64. The fourth-order valence-electron chi connectivity index (χ4n) is 12.2. The number of benzene rings is 3. The number of esters is 5. The van der Waals surface area contributed by atoms with Gasteiger partial charge in [-0.2, -0.15) is 0 Å². The van der Waals surface area contributed by atoms with Gasteiger partial charge in [0.2, 0.25) is 12.0 Å². The molecule has 0 unspecified atom stereocenters. The second-order valence-corrected chi connectivity index (χ2v) is 22.8. The number of Topliss-reactive ketones (excluding diaryl/α,β-unsaturated/α-hetero) is 3. The number of aliphatic hydroxyl groups excluding tert-OH is 1. The van der Waals surface area contributed by atoms with E-state index in [4.69, 9.17) is 28.4 Å². The van der Waals surface area contributed by atoms with Crippen LogP contribution in [0, 0.1) is 22.7 Å². The second-order valence-electron chi connectivity index (χ2n) is 22.8. The van der Waals surface area contributed by atoms with Gasteiger partial charge in [0, 0.05) is 56.4 Å². The number of carbonyl (C=O) groups excluding carboxylic acids is 10. The summed E-state index contributed by atoms with van der Waals surface area (Å²) in [5, 5.41) is 34.5. The maximum atomic E-state index is 15.8. The van der Waals surface area contributed by atoms with Gasteiger partial charge in [-0.05, 0) is 81.1 Å². The predicted molar refractivity (Wildman–Crippen MR) is 295 cm³/mol. The lowest BCUT2D eigenvalue weighted by molar-refractivity contribution is -0.346. The van der Waals surface area contributed by atoms with Gasteiger partial charge in [0.15, 0.2) is 17.5 Å². The molecule has 21 nitrogen and oxygen atoms in total. The first-order chi connectivity index (χ1) is 39.3. The lowest BCUT2D eigenvalue weighted by atomic mass is 9.44. The van der Waals surface area contributed by atoms with E-state index >= 15 is 9.59 Å². The number of unbranched alkanes of at least 4 members (excludes halogenated alkanes) is 1. The van der Waals surface area contributed by atoms with Gasteiger partial charge in [0.05, 0.1) is 36.2 Å². The highest BCUT2D eigenvalue weighted by molar-refractivity contribution is 5.97. The molecule has 1 heterocycles. The van der Waals surface area contributed by atoms with Crippen molar-refractivity contribution in [2.24, 2.45) is 22.7 Å². The summed E-state index contributed by atoms with van der Waals surface area (Å²) in [4.78, 5) is 138. The summed E-state index contributed by atoms with van der Waals surface area (Å²) >= 11 is 0. The lowest BCUT2D eigenvalue weighted by Crippen LogP contribution is -2.82. The minimum absolute atomic E-state index is 0.00319. The predicted octanol–water partition coefficient (Wildman–Crippen LogP) is 4.74. The molecule has 2 amide bonds. The fourth-order valence-corrected chi connectivity index (χ4v) is 12.2. The number of nitrogens with one attached hydrogen (secondary N) is 3. The molecule has 21 heteroatoms. The van der Waals surface area contributed by atoms with Crippen molar-refractivity contribution < 1.29 is 86.6 Å². The van der Waals surface area contributed by atoms with Crippen LogP contribution in [0.15, 0.2) is 102 Å². The van der Waals surface area contributed by atoms with Gasteiger partial charge >= 0.3 is 29.8 Å². The average molecular weight is 1150 g/mol. The van der Waals surface area contributed by atoms with Crippen molar-refractivity contribution in [1.82, 2.24) is 16.0 Å². The van der Waals surface area contributed by atoms with Crippen molar-refractivity contribution in [3.8, 4) is 0 Å². The summed E-state index contributed by atoms with van der Waals surface area (Å²) in [6, 6.07) is 22.1. The first kappa shape index (κ1) is 63.1. The average Bonchev–Trinajstić information content (AvgIpc) is 0.817. The Morgan fingerprint density at radius 2 is 1.41 bits per heavy atom. The van der Waals surface area contributed by atoms with Crippen LogP contribution in [0.25, 0.3) is 0 Å². The first-order valence-electron chi connectivity index (χ1n) is 28.0. The normalized spacial score (nSPS) is 26.9. The zero-order valence-corrected chi connectivity index (χ0v) is 48.1. The van der Waals surface area contributed by atoms with E-state index in [0.29, 0.717) is 6.54 Å². The van der Waals surface area contributed by atoms with E-state index in [9.17, 15) is 48.6 Å². The molecule has 0 aromatic heterocycles. The van der Waals surface area contributed by atoms with Gasteiger partial charge in [-0.3, -0.25) is 38.4 Å². The Bertz CT molecular complexity index is 2970. The van der Waals surface area contributed by atoms with Crippen LogP contribution in [0.5, 0.6) is 0 Å². The van der Waals surface area contributed by atoms with E-state index in [0.717, 1.165) is 33.1 Å². The van der Waals surface area contributed by atoms with E-state index in [1.54, 1.807) is 73.7 Å². The van der Waals surface area contributed by atoms with Gasteiger partial charge in [-0.25, -0.2) is 9.59 Å². The quantitative estimate of drug-likeness (QED) is 0.0350. The van der Waals surface area contributed by atoms with Gasteiger partial charge in [0.1, 0.15) is 48.1 Å². The van der Waals surface area contributed by atoms with Gasteiger partial charge in [-0.1, -0.05) is 93.9 Å². The summed E-state index contributed by atoms with van der Waals surface area (Å²) < 4.78 is 36.8. The summed E-state index contributed by atoms with van der Waals surface area (Å²) in [6.45, 7) is 10.8. The number of hydrogen-bond donors (Lipinski definition) is 5. The van der Waals surface area contributed by atoms with E-state index < -0.39 is 131 Å². The van der Waals surface area contributed by atoms with E-state index in [1.165, 1.54) is 52.0 Å². The second kappa shape index (κ2) is 26.4. The monoisotopic (exact) mass is 1150 g/mol. The molecule has 7 rings (SSSR count). The fraction of sp³-hybridized carbons (Fsp3) is 0.516. The lowest BCUT2D eigenvalue weighted by Gasteiger charge is -2.67. The van der Waals surface area contributed by atoms with Crippen molar-refractivity contribution in [2.75, 3.05) is 26.2 Å². The topological polar surface area (TPSA) is 303 Å². The van der Waals surface area contributed by atoms with Crippen molar-refractivity contribution >= 4 is 59.0 Å². The Labute approximate surface area is 481 Å². The maximum absolute atomic E-state index is 15.8. The van der Waals surface area contributed by atoms with Crippen LogP contribution < -0.4 is 16.0 Å². The number of fused-ring (bicyclic) bond motifs is 5. The number of rotatable bonds is 24. The van der Waals surface area contributed by atoms with Crippen LogP contribution in [-0.4, -0.2) is 143 Å². The van der Waals surface area contributed by atoms with E-state index in [1.807, 2.05) is 6.92 Å². The van der Waals surface area contributed by atoms with Crippen molar-refractivity contribution in [1.29, 1.82) is 0 Å². The van der Waals surface area contributed by atoms with Gasteiger partial charge in [0.25, 0.3) is 5.91 Å². The van der Waals surface area contributed by atoms with E-state index in [2.05, 4.69) is 16.0 Å². The molecule has 2 bridgehead atoms. The van der Waals surface area contributed by atoms with Crippen molar-refractivity contribution in [2.45, 2.75) is 154 Å². The standard InChI is InChI=1S/C62H75N3O18/c1-35(37(3)66)20-18-19-29-63-32-43(69)27-28-47(71)64-33-48(72)81-52(50(40-21-12-9-13-22-40)65-56(74)41-23-14-10-15-24-41)58(76)80-44-31-62(77)55(82-57(75)42-25-16-11-17-26-42)53-60(8,45(70)30-46-61(53,34-78-46)83-39(5)68)54(73)51(79-38(4)67)49(36(44)2)59(62,6)7/h9-17,21-26,35,44-46,50-53,55,63,70,77H,18-20,27-34H2,1-8H3,(H,64,71)(H,65,74)/t35-,44+,45+,46-,50+,51-,52-,53+,55+,60-,61+,62-/m1/s1. The molecule has 1 saturated heterocycles. The SMILES string of the molecule is CC(=O)O[C@H]1C(=O)[C@@]2(C)[C@H]([C@H](OC(=O)c3ccccc3)[C@]3(O)C[C@H](OC(=O)[C@H](OC(=O)CNC(=O)CCC(=O)CNCCCC[C@@H](C)C(C)=O)[C@@H](NC(=O)c4ccccc4)c4ccccc4)C(C)=C1C3(C)C)[C@]1(OC(C)=O)CO[C@@H]1C[C@@H]2O.